The molecular weight excluding hydrogens is 284 g/mol. The molecule has 0 radical (unpaired) electrons. The van der Waals surface area contributed by atoms with E-state index >= 15 is 0 Å². The summed E-state index contributed by atoms with van der Waals surface area (Å²) in [5, 5.41) is 0. The van der Waals surface area contributed by atoms with E-state index in [1.165, 1.54) is 18.1 Å². The van der Waals surface area contributed by atoms with Crippen molar-refractivity contribution in [3.63, 3.8) is 0 Å². The number of hydrogen-bond donors (Lipinski definition) is 0. The van der Waals surface area contributed by atoms with Gasteiger partial charge >= 0.3 is 5.97 Å². The van der Waals surface area contributed by atoms with Crippen LogP contribution in [0.5, 0.6) is 0 Å². The highest BCUT2D eigenvalue weighted by molar-refractivity contribution is 5.66. The molecule has 0 bridgehead atoms. The molecule has 0 amide bonds. The summed E-state index contributed by atoms with van der Waals surface area (Å²) in [5.41, 5.74) is 4.82. The summed E-state index contributed by atoms with van der Waals surface area (Å²) in [6, 6.07) is 18.8. The molecule has 2 rings (SSSR count). The van der Waals surface area contributed by atoms with E-state index in [2.05, 4.69) is 49.4 Å². The highest BCUT2D eigenvalue weighted by Crippen LogP contribution is 2.15. The molecule has 0 aromatic heterocycles. The zero-order valence-corrected chi connectivity index (χ0v) is 13.9. The van der Waals surface area contributed by atoms with Crippen molar-refractivity contribution in [1.29, 1.82) is 0 Å². The normalized spacial score (nSPS) is 11.3. The number of aryl methyl sites for hydroxylation is 1. The highest BCUT2D eigenvalue weighted by Gasteiger charge is 2.04. The van der Waals surface area contributed by atoms with E-state index in [4.69, 9.17) is 4.74 Å². The monoisotopic (exact) mass is 308 g/mol. The van der Waals surface area contributed by atoms with Crippen molar-refractivity contribution in [2.75, 3.05) is 6.61 Å². The predicted molar refractivity (Wildman–Crippen MR) is 95.2 cm³/mol. The van der Waals surface area contributed by atoms with Gasteiger partial charge in [0.1, 0.15) is 6.61 Å². The number of hydrogen-bond acceptors (Lipinski definition) is 2. The molecule has 0 atom stereocenters. The van der Waals surface area contributed by atoms with Gasteiger partial charge in [0.2, 0.25) is 0 Å². The summed E-state index contributed by atoms with van der Waals surface area (Å²) in [6.45, 7) is 3.97. The van der Waals surface area contributed by atoms with Gasteiger partial charge in [0.25, 0.3) is 0 Å². The molecule has 0 aliphatic carbocycles. The molecule has 0 saturated carbocycles. The lowest BCUT2D eigenvalue weighted by atomic mass is 10.0. The molecule has 0 fully saturated rings. The van der Waals surface area contributed by atoms with Gasteiger partial charge < -0.3 is 4.74 Å². The van der Waals surface area contributed by atoms with Crippen LogP contribution in [0, 0.1) is 0 Å². The molecule has 0 aliphatic rings. The summed E-state index contributed by atoms with van der Waals surface area (Å²) in [6.07, 6.45) is 5.14. The van der Waals surface area contributed by atoms with Crippen LogP contribution in [0.15, 0.2) is 60.2 Å². The SMILES string of the molecule is CCCc1cccc(/C=C(\COC(C)=O)Cc2ccccc2)c1. The predicted octanol–water partition coefficient (Wildman–Crippen LogP) is 4.83. The first-order chi connectivity index (χ1) is 11.2. The third-order valence-corrected chi connectivity index (χ3v) is 3.60. The molecule has 2 aromatic carbocycles. The third kappa shape index (κ3) is 6.11. The van der Waals surface area contributed by atoms with Gasteiger partial charge in [-0.15, -0.1) is 0 Å². The van der Waals surface area contributed by atoms with E-state index in [1.54, 1.807) is 0 Å². The summed E-state index contributed by atoms with van der Waals surface area (Å²) >= 11 is 0. The van der Waals surface area contributed by atoms with Crippen LogP contribution in [0.4, 0.5) is 0 Å². The average Bonchev–Trinajstić information content (AvgIpc) is 2.54. The maximum atomic E-state index is 11.1. The molecule has 2 heteroatoms. The van der Waals surface area contributed by atoms with Gasteiger partial charge in [-0.3, -0.25) is 4.79 Å². The van der Waals surface area contributed by atoms with Crippen molar-refractivity contribution < 1.29 is 9.53 Å². The fourth-order valence-electron chi connectivity index (χ4n) is 2.56. The van der Waals surface area contributed by atoms with Crippen LogP contribution >= 0.6 is 0 Å². The Labute approximate surface area is 138 Å². The molecule has 0 aliphatic heterocycles. The number of ether oxygens (including phenoxy) is 1. The number of rotatable bonds is 7. The van der Waals surface area contributed by atoms with Gasteiger partial charge in [0.05, 0.1) is 0 Å². The number of benzene rings is 2. The zero-order valence-electron chi connectivity index (χ0n) is 13.9. The molecule has 0 N–H and O–H groups in total. The maximum absolute atomic E-state index is 11.1. The second kappa shape index (κ2) is 8.94. The third-order valence-electron chi connectivity index (χ3n) is 3.60. The summed E-state index contributed by atoms with van der Waals surface area (Å²) in [7, 11) is 0. The number of carbonyl (C=O) groups excluding carboxylic acids is 1. The van der Waals surface area contributed by atoms with Crippen molar-refractivity contribution in [2.24, 2.45) is 0 Å². The van der Waals surface area contributed by atoms with Gasteiger partial charge in [0.15, 0.2) is 0 Å². The van der Waals surface area contributed by atoms with Crippen molar-refractivity contribution in [1.82, 2.24) is 0 Å². The Balaban J connectivity index is 2.20. The molecule has 0 unspecified atom stereocenters. The minimum Gasteiger partial charge on any atom is -0.461 e. The Bertz CT molecular complexity index is 657. The Morgan fingerprint density at radius 1 is 1.04 bits per heavy atom. The quantitative estimate of drug-likeness (QED) is 0.685. The lowest BCUT2D eigenvalue weighted by molar-refractivity contribution is -0.139. The molecule has 2 aromatic rings. The van der Waals surface area contributed by atoms with Crippen LogP contribution < -0.4 is 0 Å². The van der Waals surface area contributed by atoms with Crippen LogP contribution in [-0.2, 0) is 22.4 Å². The lowest BCUT2D eigenvalue weighted by Crippen LogP contribution is -2.05. The largest absolute Gasteiger partial charge is 0.461 e. The van der Waals surface area contributed by atoms with Crippen LogP contribution in [0.25, 0.3) is 6.08 Å². The molecule has 23 heavy (non-hydrogen) atoms. The highest BCUT2D eigenvalue weighted by atomic mass is 16.5. The standard InChI is InChI=1S/C21H24O2/c1-3-8-18-11-7-12-20(13-18)15-21(16-23-17(2)22)14-19-9-5-4-6-10-19/h4-7,9-13,15H,3,8,14,16H2,1-2H3/b21-15-. The van der Waals surface area contributed by atoms with Crippen LogP contribution in [0.2, 0.25) is 0 Å². The van der Waals surface area contributed by atoms with E-state index < -0.39 is 0 Å². The van der Waals surface area contributed by atoms with Crippen molar-refractivity contribution >= 4 is 12.0 Å². The number of esters is 1. The minimum absolute atomic E-state index is 0.247. The first-order valence-electron chi connectivity index (χ1n) is 8.13. The smallest absolute Gasteiger partial charge is 0.302 e. The maximum Gasteiger partial charge on any atom is 0.302 e. The van der Waals surface area contributed by atoms with Crippen molar-refractivity contribution in [3.8, 4) is 0 Å². The fraction of sp³-hybridized carbons (Fsp3) is 0.286. The topological polar surface area (TPSA) is 26.3 Å². The van der Waals surface area contributed by atoms with Crippen molar-refractivity contribution in [3.05, 3.63) is 76.9 Å². The van der Waals surface area contributed by atoms with E-state index in [1.807, 2.05) is 18.2 Å². The fourth-order valence-corrected chi connectivity index (χ4v) is 2.56. The summed E-state index contributed by atoms with van der Waals surface area (Å²) in [4.78, 5) is 11.1. The van der Waals surface area contributed by atoms with Crippen LogP contribution in [0.3, 0.4) is 0 Å². The Hall–Kier alpha value is -2.35. The van der Waals surface area contributed by atoms with Gasteiger partial charge in [-0.25, -0.2) is 0 Å². The Morgan fingerprint density at radius 2 is 1.78 bits per heavy atom. The van der Waals surface area contributed by atoms with Crippen LogP contribution in [-0.4, -0.2) is 12.6 Å². The Kier molecular flexibility index (Phi) is 6.61. The second-order valence-corrected chi connectivity index (χ2v) is 5.74. The first kappa shape index (κ1) is 17.0. The van der Waals surface area contributed by atoms with Gasteiger partial charge in [-0.05, 0) is 35.1 Å². The molecule has 0 spiro atoms. The molecule has 0 saturated heterocycles. The first-order valence-corrected chi connectivity index (χ1v) is 8.13. The van der Waals surface area contributed by atoms with E-state index in [0.29, 0.717) is 6.61 Å². The molecule has 120 valence electrons. The molecule has 0 heterocycles. The average molecular weight is 308 g/mol. The molecule has 2 nitrogen and oxygen atoms in total. The van der Waals surface area contributed by atoms with Crippen LogP contribution in [0.1, 0.15) is 37.0 Å². The van der Waals surface area contributed by atoms with Gasteiger partial charge in [0, 0.05) is 6.92 Å². The van der Waals surface area contributed by atoms with Gasteiger partial charge in [-0.1, -0.05) is 74.0 Å². The van der Waals surface area contributed by atoms with Gasteiger partial charge in [-0.2, -0.15) is 0 Å². The van der Waals surface area contributed by atoms with E-state index in [0.717, 1.165) is 30.4 Å². The molecular formula is C21H24O2. The van der Waals surface area contributed by atoms with E-state index in [9.17, 15) is 4.79 Å². The number of carbonyl (C=O) groups is 1. The zero-order chi connectivity index (χ0) is 16.5. The lowest BCUT2D eigenvalue weighted by Gasteiger charge is -2.09. The summed E-state index contributed by atoms with van der Waals surface area (Å²) in [5.74, 6) is -0.247. The Morgan fingerprint density at radius 3 is 2.48 bits per heavy atom. The van der Waals surface area contributed by atoms with Crippen molar-refractivity contribution in [2.45, 2.75) is 33.1 Å². The minimum atomic E-state index is -0.247. The summed E-state index contributed by atoms with van der Waals surface area (Å²) < 4.78 is 5.22. The second-order valence-electron chi connectivity index (χ2n) is 5.74. The van der Waals surface area contributed by atoms with E-state index in [-0.39, 0.29) is 5.97 Å².